The summed E-state index contributed by atoms with van der Waals surface area (Å²) in [4.78, 5) is 59.7. The number of carbonyl (C=O) groups is 1. The van der Waals surface area contributed by atoms with Crippen molar-refractivity contribution in [1.82, 2.24) is 19.4 Å². The Morgan fingerprint density at radius 2 is 1.72 bits per heavy atom. The van der Waals surface area contributed by atoms with Gasteiger partial charge in [0.25, 0.3) is 5.56 Å². The van der Waals surface area contributed by atoms with Crippen LogP contribution in [0.15, 0.2) is 44.7 Å². The zero-order chi connectivity index (χ0) is 33.1. The molecule has 0 saturated carbocycles. The molecular formula is C33H38ClFN6O5. The number of benzene rings is 2. The first-order chi connectivity index (χ1) is 22.0. The number of unbranched alkanes of at least 4 members (excludes halogenated alkanes) is 1. The number of aryl methyl sites for hydroxylation is 3. The van der Waals surface area contributed by atoms with Gasteiger partial charge in [0.15, 0.2) is 0 Å². The topological polar surface area (TPSA) is 144 Å². The summed E-state index contributed by atoms with van der Waals surface area (Å²) in [6.45, 7) is 9.15. The van der Waals surface area contributed by atoms with Gasteiger partial charge in [-0.2, -0.15) is 0 Å². The van der Waals surface area contributed by atoms with Crippen molar-refractivity contribution in [2.75, 3.05) is 42.9 Å². The van der Waals surface area contributed by atoms with Gasteiger partial charge in [0.1, 0.15) is 17.2 Å². The summed E-state index contributed by atoms with van der Waals surface area (Å²) in [5, 5.41) is 12.6. The fraction of sp³-hybridized carbons (Fsp3) is 0.394. The van der Waals surface area contributed by atoms with Gasteiger partial charge in [-0.3, -0.25) is 24.0 Å². The van der Waals surface area contributed by atoms with Crippen molar-refractivity contribution >= 4 is 45.7 Å². The summed E-state index contributed by atoms with van der Waals surface area (Å²) in [6, 6.07) is 8.38. The summed E-state index contributed by atoms with van der Waals surface area (Å²) >= 11 is 6.63. The predicted molar refractivity (Wildman–Crippen MR) is 179 cm³/mol. The number of anilines is 3. The number of aromatic amines is 2. The molecule has 0 atom stereocenters. The minimum atomic E-state index is -1.37. The second-order valence-electron chi connectivity index (χ2n) is 11.5. The molecule has 4 aromatic rings. The van der Waals surface area contributed by atoms with Crippen molar-refractivity contribution in [2.24, 2.45) is 0 Å². The lowest BCUT2D eigenvalue weighted by molar-refractivity contribution is 0.0694. The van der Waals surface area contributed by atoms with Gasteiger partial charge >= 0.3 is 11.7 Å². The van der Waals surface area contributed by atoms with Crippen molar-refractivity contribution in [3.05, 3.63) is 94.6 Å². The molecule has 0 unspecified atom stereocenters. The SMILES string of the molecule is CCc1cc(Nc2cc(=O)n(CCCCN3CCN(c4c(F)cc5c(=O)c(C(=O)O)c(CC)[nH]c5c4Cl)CC3)c(=O)[nH]2)ccc1C. The number of nitrogens with one attached hydrogen (secondary N) is 3. The van der Waals surface area contributed by atoms with Gasteiger partial charge in [-0.05, 0) is 68.5 Å². The van der Waals surface area contributed by atoms with Gasteiger partial charge in [-0.15, -0.1) is 0 Å². The number of H-pyrrole nitrogens is 2. The average Bonchev–Trinajstić information content (AvgIpc) is 3.02. The first-order valence-electron chi connectivity index (χ1n) is 15.5. The molecule has 0 aliphatic carbocycles. The van der Waals surface area contributed by atoms with E-state index in [1.165, 1.54) is 21.8 Å². The van der Waals surface area contributed by atoms with E-state index >= 15 is 4.39 Å². The predicted octanol–water partition coefficient (Wildman–Crippen LogP) is 4.65. The maximum atomic E-state index is 15.3. The lowest BCUT2D eigenvalue weighted by Crippen LogP contribution is -2.47. The molecule has 4 N–H and O–H groups in total. The van der Waals surface area contributed by atoms with Crippen LogP contribution in [0.2, 0.25) is 5.02 Å². The fourth-order valence-corrected chi connectivity index (χ4v) is 6.42. The molecule has 2 aromatic heterocycles. The normalized spacial score (nSPS) is 13.8. The Hall–Kier alpha value is -4.42. The van der Waals surface area contributed by atoms with Crippen molar-refractivity contribution in [2.45, 2.75) is 53.0 Å². The number of carboxylic acids is 1. The molecule has 1 saturated heterocycles. The second kappa shape index (κ2) is 13.9. The molecule has 11 nitrogen and oxygen atoms in total. The quantitative estimate of drug-likeness (QED) is 0.172. The first-order valence-corrected chi connectivity index (χ1v) is 15.9. The van der Waals surface area contributed by atoms with E-state index in [-0.39, 0.29) is 39.3 Å². The molecule has 46 heavy (non-hydrogen) atoms. The lowest BCUT2D eigenvalue weighted by Gasteiger charge is -2.36. The van der Waals surface area contributed by atoms with E-state index < -0.39 is 28.5 Å². The number of carboxylic acid groups (broad SMARTS) is 1. The van der Waals surface area contributed by atoms with Crippen molar-refractivity contribution in [3.8, 4) is 0 Å². The van der Waals surface area contributed by atoms with Gasteiger partial charge in [-0.1, -0.05) is 31.5 Å². The molecule has 0 radical (unpaired) electrons. The highest BCUT2D eigenvalue weighted by Gasteiger charge is 2.26. The fourth-order valence-electron chi connectivity index (χ4n) is 6.06. The highest BCUT2D eigenvalue weighted by molar-refractivity contribution is 6.38. The largest absolute Gasteiger partial charge is 0.477 e. The number of piperazine rings is 1. The molecule has 1 fully saturated rings. The van der Waals surface area contributed by atoms with E-state index in [4.69, 9.17) is 11.6 Å². The number of rotatable bonds is 11. The number of pyridine rings is 1. The third-order valence-corrected chi connectivity index (χ3v) is 9.00. The third kappa shape index (κ3) is 6.73. The highest BCUT2D eigenvalue weighted by atomic mass is 35.5. The van der Waals surface area contributed by atoms with Gasteiger partial charge in [-0.25, -0.2) is 14.0 Å². The molecule has 1 aliphatic heterocycles. The zero-order valence-electron chi connectivity index (χ0n) is 26.1. The first kappa shape index (κ1) is 33.0. The Balaban J connectivity index is 1.17. The molecule has 2 aromatic carbocycles. The van der Waals surface area contributed by atoms with E-state index in [2.05, 4.69) is 27.1 Å². The Bertz CT molecular complexity index is 1930. The number of fused-ring (bicyclic) bond motifs is 1. The maximum absolute atomic E-state index is 15.3. The van der Waals surface area contributed by atoms with Crippen LogP contribution in [0.5, 0.6) is 0 Å². The van der Waals surface area contributed by atoms with Crippen LogP contribution in [0.3, 0.4) is 0 Å². The Kier molecular flexibility index (Phi) is 9.97. The monoisotopic (exact) mass is 652 g/mol. The minimum absolute atomic E-state index is 0.0497. The maximum Gasteiger partial charge on any atom is 0.341 e. The standard InChI is InChI=1S/C33H38ClFN6O5/c1-4-20-16-21(9-8-19(20)3)36-25-18-26(42)41(33(46)38-25)11-7-6-10-39-12-14-40(15-13-39)30-23(35)17-22-29(28(30)34)37-24(5-2)27(31(22)43)32(44)45/h8-9,16-18,36H,4-7,10-15H2,1-3H3,(H,37,43)(H,38,46)(H,44,45). The van der Waals surface area contributed by atoms with Crippen LogP contribution < -0.4 is 26.9 Å². The van der Waals surface area contributed by atoms with Crippen LogP contribution in [0, 0.1) is 12.7 Å². The van der Waals surface area contributed by atoms with Crippen molar-refractivity contribution in [3.63, 3.8) is 0 Å². The van der Waals surface area contributed by atoms with Gasteiger partial charge in [0.05, 0.1) is 21.6 Å². The molecule has 0 spiro atoms. The molecule has 244 valence electrons. The van der Waals surface area contributed by atoms with E-state index in [1.807, 2.05) is 30.0 Å². The molecule has 3 heterocycles. The Morgan fingerprint density at radius 1 is 1.00 bits per heavy atom. The number of aromatic carboxylic acids is 1. The minimum Gasteiger partial charge on any atom is -0.477 e. The number of aromatic nitrogens is 3. The lowest BCUT2D eigenvalue weighted by atomic mass is 10.1. The van der Waals surface area contributed by atoms with Crippen LogP contribution in [0.1, 0.15) is 53.9 Å². The number of hydrogen-bond acceptors (Lipinski definition) is 7. The van der Waals surface area contributed by atoms with Crippen LogP contribution in [0.4, 0.5) is 21.6 Å². The molecule has 1 aliphatic rings. The summed E-state index contributed by atoms with van der Waals surface area (Å²) in [6.07, 6.45) is 2.54. The average molecular weight is 653 g/mol. The Morgan fingerprint density at radius 3 is 2.37 bits per heavy atom. The summed E-state index contributed by atoms with van der Waals surface area (Å²) < 4.78 is 16.5. The van der Waals surface area contributed by atoms with Crippen molar-refractivity contribution in [1.29, 1.82) is 0 Å². The van der Waals surface area contributed by atoms with E-state index in [1.54, 1.807) is 6.92 Å². The second-order valence-corrected chi connectivity index (χ2v) is 11.9. The molecule has 0 amide bonds. The zero-order valence-corrected chi connectivity index (χ0v) is 26.9. The Labute approximate surface area is 269 Å². The van der Waals surface area contributed by atoms with Gasteiger partial charge in [0, 0.05) is 50.2 Å². The van der Waals surface area contributed by atoms with E-state index in [0.29, 0.717) is 45.0 Å². The number of nitrogens with zero attached hydrogens (tertiary/aromatic N) is 3. The number of halogens is 2. The number of hydrogen-bond donors (Lipinski definition) is 4. The van der Waals surface area contributed by atoms with Crippen LogP contribution in [-0.2, 0) is 19.4 Å². The molecule has 13 heteroatoms. The molecule has 0 bridgehead atoms. The molecular weight excluding hydrogens is 615 g/mol. The smallest absolute Gasteiger partial charge is 0.341 e. The highest BCUT2D eigenvalue weighted by Crippen LogP contribution is 2.35. The molecule has 5 rings (SSSR count). The van der Waals surface area contributed by atoms with Gasteiger partial charge in [0.2, 0.25) is 5.43 Å². The van der Waals surface area contributed by atoms with Crippen LogP contribution in [0.25, 0.3) is 10.9 Å². The summed E-state index contributed by atoms with van der Waals surface area (Å²) in [5.41, 5.74) is 1.81. The third-order valence-electron chi connectivity index (χ3n) is 8.64. The van der Waals surface area contributed by atoms with E-state index in [0.717, 1.165) is 31.1 Å². The van der Waals surface area contributed by atoms with Crippen LogP contribution >= 0.6 is 11.6 Å². The summed E-state index contributed by atoms with van der Waals surface area (Å²) in [5.74, 6) is -1.70. The van der Waals surface area contributed by atoms with E-state index in [9.17, 15) is 24.3 Å². The van der Waals surface area contributed by atoms with Crippen LogP contribution in [-0.4, -0.2) is 63.2 Å². The summed E-state index contributed by atoms with van der Waals surface area (Å²) in [7, 11) is 0. The van der Waals surface area contributed by atoms with Crippen molar-refractivity contribution < 1.29 is 14.3 Å². The van der Waals surface area contributed by atoms with Gasteiger partial charge < -0.3 is 20.3 Å².